The van der Waals surface area contributed by atoms with Crippen LogP contribution in [-0.2, 0) is 23.7 Å². The molecule has 0 aromatic heterocycles. The van der Waals surface area contributed by atoms with Crippen molar-refractivity contribution in [3.63, 3.8) is 0 Å². The maximum absolute atomic E-state index is 13.4. The summed E-state index contributed by atoms with van der Waals surface area (Å²) in [6, 6.07) is -0.834. The number of rotatable bonds is 65. The molecule has 0 aliphatic carbocycles. The Bertz CT molecular complexity index is 1860. The van der Waals surface area contributed by atoms with Crippen LogP contribution in [0, 0.1) is 0 Å². The molecule has 0 spiro atoms. The van der Waals surface area contributed by atoms with Crippen molar-refractivity contribution in [3.05, 3.63) is 72.9 Å². The second-order valence-electron chi connectivity index (χ2n) is 27.5. The Kier molecular flexibility index (Phi) is 59.4. The number of hydrogen-bond acceptors (Lipinski definition) is 13. The van der Waals surface area contributed by atoms with E-state index >= 15 is 0 Å². The number of hydrogen-bond donors (Lipinski definition) is 9. The lowest BCUT2D eigenvalue weighted by Crippen LogP contribution is -2.65. The molecule has 12 atom stereocenters. The Morgan fingerprint density at radius 2 is 0.734 bits per heavy atom. The molecule has 14 heteroatoms. The highest BCUT2D eigenvalue weighted by atomic mass is 16.7. The molecule has 2 saturated heterocycles. The van der Waals surface area contributed by atoms with E-state index in [0.717, 1.165) is 89.9 Å². The fourth-order valence-corrected chi connectivity index (χ4v) is 12.8. The molecule has 2 aliphatic rings. The summed E-state index contributed by atoms with van der Waals surface area (Å²) in [5.74, 6) is -0.205. The van der Waals surface area contributed by atoms with Gasteiger partial charge in [-0.2, -0.15) is 0 Å². The van der Waals surface area contributed by atoms with E-state index in [0.29, 0.717) is 12.8 Å². The minimum atomic E-state index is -1.79. The van der Waals surface area contributed by atoms with Crippen LogP contribution in [-0.4, -0.2) is 140 Å². The van der Waals surface area contributed by atoms with Crippen molar-refractivity contribution in [2.24, 2.45) is 0 Å². The molecule has 94 heavy (non-hydrogen) atoms. The maximum Gasteiger partial charge on any atom is 0.220 e. The number of carbonyl (C=O) groups is 1. The van der Waals surface area contributed by atoms with Gasteiger partial charge in [-0.05, 0) is 64.2 Å². The van der Waals surface area contributed by atoms with Crippen LogP contribution >= 0.6 is 0 Å². The predicted octanol–water partition coefficient (Wildman–Crippen LogP) is 17.4. The summed E-state index contributed by atoms with van der Waals surface area (Å²) in [7, 11) is 0. The zero-order valence-corrected chi connectivity index (χ0v) is 60.0. The van der Waals surface area contributed by atoms with Crippen LogP contribution in [0.4, 0.5) is 0 Å². The average Bonchev–Trinajstić information content (AvgIpc) is 0.794. The first kappa shape index (κ1) is 87.5. The summed E-state index contributed by atoms with van der Waals surface area (Å²) in [6.45, 7) is 2.80. The third-order valence-corrected chi connectivity index (χ3v) is 18.9. The van der Waals surface area contributed by atoms with E-state index in [4.69, 9.17) is 18.9 Å². The first-order valence-corrected chi connectivity index (χ1v) is 39.2. The third kappa shape index (κ3) is 46.7. The lowest BCUT2D eigenvalue weighted by Gasteiger charge is -2.46. The Balaban J connectivity index is 1.62. The van der Waals surface area contributed by atoms with Gasteiger partial charge in [0.15, 0.2) is 12.6 Å². The van der Waals surface area contributed by atoms with E-state index in [1.165, 1.54) is 218 Å². The lowest BCUT2D eigenvalue weighted by molar-refractivity contribution is -0.359. The molecule has 1 amide bonds. The van der Waals surface area contributed by atoms with Gasteiger partial charge >= 0.3 is 0 Å². The number of carbonyl (C=O) groups excluding carboxylic acids is 1. The van der Waals surface area contributed by atoms with Crippen LogP contribution in [0.5, 0.6) is 0 Å². The van der Waals surface area contributed by atoms with Gasteiger partial charge in [0, 0.05) is 6.42 Å². The quantitative estimate of drug-likeness (QED) is 0.0204. The fourth-order valence-electron chi connectivity index (χ4n) is 12.8. The standard InChI is InChI=1S/C80H145NO13/c1-3-5-7-9-11-13-15-17-19-21-23-25-27-29-31-32-33-34-35-36-38-40-42-44-46-48-50-52-54-56-58-60-62-64-72(85)81-68(67-91-79-77(90)75(88)78(71(66-83)93-79)94-80-76(89)74(87)73(86)70(65-82)92-80)69(84)63-61-59-57-55-53-51-49-47-45-43-41-39-37-30-28-26-24-22-20-18-16-14-12-10-8-6-4-2/h5,7,11,13,17,19,23,25,29,31,33-34,68-71,73-80,82-84,86-90H,3-4,6,8-10,12,14-16,18,20-22,24,26-28,30,32,35-67H2,1-2H3,(H,81,85)/b7-5-,13-11-,19-17-,25-23-,31-29-,34-33-. The highest BCUT2D eigenvalue weighted by molar-refractivity contribution is 5.76. The molecule has 0 bridgehead atoms. The zero-order valence-electron chi connectivity index (χ0n) is 60.0. The molecular formula is C80H145NO13. The average molecular weight is 1330 g/mol. The molecular weight excluding hydrogens is 1180 g/mol. The first-order valence-electron chi connectivity index (χ1n) is 39.2. The fraction of sp³-hybridized carbons (Fsp3) is 0.838. The van der Waals surface area contributed by atoms with Crippen LogP contribution in [0.3, 0.4) is 0 Å². The van der Waals surface area contributed by atoms with Crippen molar-refractivity contribution in [1.29, 1.82) is 0 Å². The van der Waals surface area contributed by atoms with Crippen LogP contribution in [0.1, 0.15) is 335 Å². The van der Waals surface area contributed by atoms with Gasteiger partial charge in [0.05, 0.1) is 32.0 Å². The topological polar surface area (TPSA) is 228 Å². The molecule has 12 unspecified atom stereocenters. The summed E-state index contributed by atoms with van der Waals surface area (Å²) < 4.78 is 23.0. The van der Waals surface area contributed by atoms with Crippen molar-refractivity contribution in [1.82, 2.24) is 5.32 Å². The Morgan fingerprint density at radius 1 is 0.394 bits per heavy atom. The van der Waals surface area contributed by atoms with Crippen molar-refractivity contribution in [2.75, 3.05) is 19.8 Å². The van der Waals surface area contributed by atoms with E-state index in [2.05, 4.69) is 92.1 Å². The second kappa shape index (κ2) is 63.8. The number of aliphatic hydroxyl groups excluding tert-OH is 8. The summed E-state index contributed by atoms with van der Waals surface area (Å²) in [5.41, 5.74) is 0. The van der Waals surface area contributed by atoms with Crippen molar-refractivity contribution in [3.8, 4) is 0 Å². The van der Waals surface area contributed by atoms with Gasteiger partial charge in [-0.15, -0.1) is 0 Å². The zero-order chi connectivity index (χ0) is 68.0. The van der Waals surface area contributed by atoms with E-state index in [9.17, 15) is 45.6 Å². The summed E-state index contributed by atoms with van der Waals surface area (Å²) in [5, 5.41) is 87.8. The Hall–Kier alpha value is -2.57. The number of aliphatic hydroxyl groups is 8. The molecule has 0 saturated carbocycles. The molecule has 2 fully saturated rings. The van der Waals surface area contributed by atoms with Crippen molar-refractivity contribution < 1.29 is 64.6 Å². The normalized spacial score (nSPS) is 22.8. The van der Waals surface area contributed by atoms with Gasteiger partial charge in [-0.1, -0.05) is 337 Å². The predicted molar refractivity (Wildman–Crippen MR) is 387 cm³/mol. The highest BCUT2D eigenvalue weighted by Crippen LogP contribution is 2.30. The largest absolute Gasteiger partial charge is 0.394 e. The third-order valence-electron chi connectivity index (χ3n) is 18.9. The van der Waals surface area contributed by atoms with Crippen LogP contribution in [0.2, 0.25) is 0 Å². The summed E-state index contributed by atoms with van der Waals surface area (Å²) in [6.07, 6.45) is 70.7. The molecule has 9 N–H and O–H groups in total. The first-order chi connectivity index (χ1) is 46.1. The Morgan fingerprint density at radius 3 is 1.13 bits per heavy atom. The lowest BCUT2D eigenvalue weighted by atomic mass is 9.97. The summed E-state index contributed by atoms with van der Waals surface area (Å²) in [4.78, 5) is 13.4. The SMILES string of the molecule is CC/C=C\C/C=C\C/C=C\C/C=C\C/C=C\C/C=C\CCCCCCCCCCCCCCCCC(=O)NC(COC1OC(CO)C(OC2OC(CO)C(O)C(O)C2O)C(O)C1O)C(O)CCCCCCCCCCCCCCCCCCCCCCCCCCCCC. The van der Waals surface area contributed by atoms with Crippen LogP contribution in [0.15, 0.2) is 72.9 Å². The molecule has 0 aromatic carbocycles. The van der Waals surface area contributed by atoms with Gasteiger partial charge < -0.3 is 65.1 Å². The monoisotopic (exact) mass is 1330 g/mol. The molecule has 2 rings (SSSR count). The van der Waals surface area contributed by atoms with Crippen molar-refractivity contribution >= 4 is 5.91 Å². The molecule has 2 heterocycles. The molecule has 0 radical (unpaired) electrons. The van der Waals surface area contributed by atoms with Gasteiger partial charge in [-0.3, -0.25) is 4.79 Å². The number of allylic oxidation sites excluding steroid dienone is 12. The maximum atomic E-state index is 13.4. The van der Waals surface area contributed by atoms with Crippen molar-refractivity contribution in [2.45, 2.75) is 408 Å². The van der Waals surface area contributed by atoms with Gasteiger partial charge in [0.1, 0.15) is 48.8 Å². The number of ether oxygens (including phenoxy) is 4. The van der Waals surface area contributed by atoms with E-state index in [-0.39, 0.29) is 12.5 Å². The molecule has 14 nitrogen and oxygen atoms in total. The van der Waals surface area contributed by atoms with Crippen LogP contribution in [0.25, 0.3) is 0 Å². The van der Waals surface area contributed by atoms with E-state index in [1.807, 2.05) is 0 Å². The minimum Gasteiger partial charge on any atom is -0.394 e. The second-order valence-corrected chi connectivity index (χ2v) is 27.5. The van der Waals surface area contributed by atoms with Gasteiger partial charge in [-0.25, -0.2) is 0 Å². The number of amides is 1. The number of nitrogens with one attached hydrogen (secondary N) is 1. The minimum absolute atomic E-state index is 0.205. The summed E-state index contributed by atoms with van der Waals surface area (Å²) >= 11 is 0. The molecule has 548 valence electrons. The molecule has 0 aromatic rings. The van der Waals surface area contributed by atoms with Gasteiger partial charge in [0.2, 0.25) is 5.91 Å². The van der Waals surface area contributed by atoms with E-state index < -0.39 is 86.8 Å². The van der Waals surface area contributed by atoms with E-state index in [1.54, 1.807) is 0 Å². The van der Waals surface area contributed by atoms with Crippen LogP contribution < -0.4 is 5.32 Å². The smallest absolute Gasteiger partial charge is 0.220 e. The Labute approximate surface area is 574 Å². The molecule has 2 aliphatic heterocycles. The van der Waals surface area contributed by atoms with Gasteiger partial charge in [0.25, 0.3) is 0 Å². The highest BCUT2D eigenvalue weighted by Gasteiger charge is 2.51. The number of unbranched alkanes of at least 4 members (excludes halogenated alkanes) is 40.